The molecule has 0 aromatic carbocycles. The molecule has 13 heavy (non-hydrogen) atoms. The first kappa shape index (κ1) is 9.95. The summed E-state index contributed by atoms with van der Waals surface area (Å²) in [5.41, 5.74) is 6.22. The minimum absolute atomic E-state index is 0.318. The Bertz CT molecular complexity index is 258. The maximum Gasteiger partial charge on any atom is 0.320 e. The highest BCUT2D eigenvalue weighted by atomic mass is 16.4. The van der Waals surface area contributed by atoms with Crippen molar-refractivity contribution >= 4 is 5.97 Å². The lowest BCUT2D eigenvalue weighted by Gasteiger charge is -2.12. The van der Waals surface area contributed by atoms with Crippen molar-refractivity contribution < 1.29 is 15.0 Å². The van der Waals surface area contributed by atoms with Gasteiger partial charge >= 0.3 is 5.97 Å². The van der Waals surface area contributed by atoms with Gasteiger partial charge in [0.15, 0.2) is 0 Å². The van der Waals surface area contributed by atoms with Gasteiger partial charge in [-0.05, 0) is 18.4 Å². The third-order valence-electron chi connectivity index (χ3n) is 1.93. The van der Waals surface area contributed by atoms with Crippen LogP contribution in [0.5, 0.6) is 0 Å². The summed E-state index contributed by atoms with van der Waals surface area (Å²) >= 11 is 0. The lowest BCUT2D eigenvalue weighted by Crippen LogP contribution is -2.30. The van der Waals surface area contributed by atoms with Crippen LogP contribution in [0.4, 0.5) is 0 Å². The Hall–Kier alpha value is -1.13. The van der Waals surface area contributed by atoms with Gasteiger partial charge in [0.25, 0.3) is 0 Å². The van der Waals surface area contributed by atoms with E-state index in [-0.39, 0.29) is 0 Å². The van der Waals surface area contributed by atoms with Crippen LogP contribution in [-0.2, 0) is 4.79 Å². The molecule has 4 N–H and O–H groups in total. The Morgan fingerprint density at radius 2 is 2.46 bits per heavy atom. The van der Waals surface area contributed by atoms with Crippen molar-refractivity contribution in [1.29, 1.82) is 0 Å². The summed E-state index contributed by atoms with van der Waals surface area (Å²) in [6, 6.07) is -0.855. The van der Waals surface area contributed by atoms with Crippen molar-refractivity contribution in [1.82, 2.24) is 0 Å². The van der Waals surface area contributed by atoms with Crippen LogP contribution in [0.25, 0.3) is 0 Å². The fourth-order valence-electron chi connectivity index (χ4n) is 1.15. The molecule has 4 nitrogen and oxygen atoms in total. The van der Waals surface area contributed by atoms with Crippen LogP contribution in [-0.4, -0.2) is 28.3 Å². The van der Waals surface area contributed by atoms with Crippen LogP contribution in [0.1, 0.15) is 12.8 Å². The lowest BCUT2D eigenvalue weighted by atomic mass is 9.99. The maximum absolute atomic E-state index is 10.4. The van der Waals surface area contributed by atoms with Gasteiger partial charge in [0.2, 0.25) is 0 Å². The summed E-state index contributed by atoms with van der Waals surface area (Å²) in [7, 11) is 0. The third kappa shape index (κ3) is 3.01. The summed E-state index contributed by atoms with van der Waals surface area (Å²) in [5.74, 6) is -1.000. The minimum Gasteiger partial charge on any atom is -0.480 e. The summed E-state index contributed by atoms with van der Waals surface area (Å²) in [4.78, 5) is 10.4. The Balaban J connectivity index is 2.47. The highest BCUT2D eigenvalue weighted by Gasteiger charge is 2.14. The number of rotatable bonds is 3. The second kappa shape index (κ2) is 4.20. The average Bonchev–Trinajstić information content (AvgIpc) is 2.08. The largest absolute Gasteiger partial charge is 0.480 e. The molecule has 1 unspecified atom stereocenters. The quantitative estimate of drug-likeness (QED) is 0.576. The van der Waals surface area contributed by atoms with E-state index in [1.807, 2.05) is 6.08 Å². The van der Waals surface area contributed by atoms with Crippen LogP contribution in [0.2, 0.25) is 0 Å². The maximum atomic E-state index is 10.4. The number of carbonyl (C=O) groups is 1. The normalized spacial score (nSPS) is 23.8. The number of hydrogen-bond donors (Lipinski definition) is 3. The second-order valence-corrected chi connectivity index (χ2v) is 3.09. The number of aliphatic hydroxyl groups excluding tert-OH is 1. The first-order valence-corrected chi connectivity index (χ1v) is 4.13. The number of hydrogen-bond acceptors (Lipinski definition) is 3. The minimum atomic E-state index is -1.000. The zero-order chi connectivity index (χ0) is 9.84. The zero-order valence-corrected chi connectivity index (χ0v) is 7.18. The first-order valence-electron chi connectivity index (χ1n) is 4.13. The van der Waals surface area contributed by atoms with Crippen LogP contribution in [0.15, 0.2) is 23.8 Å². The fourth-order valence-corrected chi connectivity index (χ4v) is 1.15. The fraction of sp³-hybridized carbons (Fsp3) is 0.444. The predicted molar refractivity (Wildman–Crippen MR) is 48.1 cm³/mol. The van der Waals surface area contributed by atoms with Gasteiger partial charge in [0.05, 0.1) is 6.10 Å². The highest BCUT2D eigenvalue weighted by molar-refractivity contribution is 5.73. The molecule has 0 aromatic rings. The average molecular weight is 183 g/mol. The molecule has 0 fully saturated rings. The molecule has 0 heterocycles. The number of carboxylic acid groups (broad SMARTS) is 1. The van der Waals surface area contributed by atoms with Gasteiger partial charge < -0.3 is 15.9 Å². The van der Waals surface area contributed by atoms with E-state index in [2.05, 4.69) is 0 Å². The van der Waals surface area contributed by atoms with E-state index in [1.54, 1.807) is 12.2 Å². The summed E-state index contributed by atoms with van der Waals surface area (Å²) in [6.45, 7) is 0. The molecule has 0 amide bonds. The predicted octanol–water partition coefficient (Wildman–Crippen LogP) is 0.0356. The molecular weight excluding hydrogens is 170 g/mol. The number of nitrogens with two attached hydrogens (primary N) is 1. The summed E-state index contributed by atoms with van der Waals surface area (Å²) < 4.78 is 0. The van der Waals surface area contributed by atoms with Crippen molar-refractivity contribution in [3.05, 3.63) is 23.8 Å². The molecule has 0 spiro atoms. The van der Waals surface area contributed by atoms with Gasteiger partial charge in [-0.3, -0.25) is 4.79 Å². The summed E-state index contributed by atoms with van der Waals surface area (Å²) in [6.07, 6.45) is 5.59. The van der Waals surface area contributed by atoms with Crippen LogP contribution in [0.3, 0.4) is 0 Å². The Labute approximate surface area is 76.4 Å². The Kier molecular flexibility index (Phi) is 3.22. The van der Waals surface area contributed by atoms with Crippen molar-refractivity contribution in [3.8, 4) is 0 Å². The molecule has 2 atom stereocenters. The zero-order valence-electron chi connectivity index (χ0n) is 7.18. The number of allylic oxidation sites excluding steroid dienone is 1. The van der Waals surface area contributed by atoms with Gasteiger partial charge in [0, 0.05) is 0 Å². The van der Waals surface area contributed by atoms with Gasteiger partial charge in [-0.1, -0.05) is 18.2 Å². The topological polar surface area (TPSA) is 83.5 Å². The SMILES string of the molecule is N[C@@H](CC1=CCC(O)C=C1)C(=O)O. The first-order chi connectivity index (χ1) is 6.09. The van der Waals surface area contributed by atoms with E-state index in [4.69, 9.17) is 15.9 Å². The lowest BCUT2D eigenvalue weighted by molar-refractivity contribution is -0.138. The number of aliphatic carboxylic acids is 1. The third-order valence-corrected chi connectivity index (χ3v) is 1.93. The molecule has 0 saturated carbocycles. The molecular formula is C9H13NO3. The van der Waals surface area contributed by atoms with E-state index in [1.165, 1.54) is 0 Å². The van der Waals surface area contributed by atoms with Gasteiger partial charge in [0.1, 0.15) is 6.04 Å². The number of carboxylic acids is 1. The summed E-state index contributed by atoms with van der Waals surface area (Å²) in [5, 5.41) is 17.6. The molecule has 1 rings (SSSR count). The van der Waals surface area contributed by atoms with Crippen molar-refractivity contribution in [2.75, 3.05) is 0 Å². The molecule has 0 bridgehead atoms. The van der Waals surface area contributed by atoms with Gasteiger partial charge in [-0.25, -0.2) is 0 Å². The van der Waals surface area contributed by atoms with Crippen LogP contribution < -0.4 is 5.73 Å². The molecule has 1 aliphatic carbocycles. The van der Waals surface area contributed by atoms with E-state index in [9.17, 15) is 4.79 Å². The van der Waals surface area contributed by atoms with Gasteiger partial charge in [-0.15, -0.1) is 0 Å². The molecule has 0 radical (unpaired) electrons. The second-order valence-electron chi connectivity index (χ2n) is 3.09. The standard InChI is InChI=1S/C9H13NO3/c10-8(9(12)13)5-6-1-3-7(11)4-2-6/h1-3,7-8,11H,4-5,10H2,(H,12,13)/t7?,8-/m0/s1. The van der Waals surface area contributed by atoms with Crippen LogP contribution in [0, 0.1) is 0 Å². The van der Waals surface area contributed by atoms with Gasteiger partial charge in [-0.2, -0.15) is 0 Å². The number of aliphatic hydroxyl groups is 1. The molecule has 0 aliphatic heterocycles. The van der Waals surface area contributed by atoms with E-state index in [0.29, 0.717) is 12.8 Å². The van der Waals surface area contributed by atoms with Crippen LogP contribution >= 0.6 is 0 Å². The molecule has 72 valence electrons. The van der Waals surface area contributed by atoms with Crippen molar-refractivity contribution in [2.45, 2.75) is 25.0 Å². The Morgan fingerprint density at radius 3 is 2.92 bits per heavy atom. The van der Waals surface area contributed by atoms with E-state index < -0.39 is 18.1 Å². The molecule has 1 aliphatic rings. The monoisotopic (exact) mass is 183 g/mol. The van der Waals surface area contributed by atoms with E-state index >= 15 is 0 Å². The van der Waals surface area contributed by atoms with Crippen molar-refractivity contribution in [3.63, 3.8) is 0 Å². The molecule has 0 saturated heterocycles. The molecule has 0 aromatic heterocycles. The smallest absolute Gasteiger partial charge is 0.320 e. The van der Waals surface area contributed by atoms with Crippen molar-refractivity contribution in [2.24, 2.45) is 5.73 Å². The molecule has 4 heteroatoms. The highest BCUT2D eigenvalue weighted by Crippen LogP contribution is 2.14. The van der Waals surface area contributed by atoms with E-state index in [0.717, 1.165) is 5.57 Å². The Morgan fingerprint density at radius 1 is 1.77 bits per heavy atom.